The molecule has 1 amide bonds. The SMILES string of the molecule is CC(C)Oc1ccc(C#CCCCO)cc1C(=O)NC(CO)Cc1c[nH]c2ccccc12. The van der Waals surface area contributed by atoms with Crippen molar-refractivity contribution in [1.29, 1.82) is 0 Å². The summed E-state index contributed by atoms with van der Waals surface area (Å²) in [5, 5.41) is 22.8. The number of aliphatic hydroxyl groups excluding tert-OH is 2. The molecule has 0 aliphatic rings. The zero-order valence-electron chi connectivity index (χ0n) is 18.5. The van der Waals surface area contributed by atoms with Gasteiger partial charge in [0.1, 0.15) is 5.75 Å². The second-order valence-corrected chi connectivity index (χ2v) is 7.92. The van der Waals surface area contributed by atoms with Gasteiger partial charge in [0.2, 0.25) is 0 Å². The first kappa shape index (κ1) is 23.4. The van der Waals surface area contributed by atoms with Crippen LogP contribution in [0.1, 0.15) is 48.2 Å². The van der Waals surface area contributed by atoms with Gasteiger partial charge in [0.15, 0.2) is 0 Å². The predicted molar refractivity (Wildman–Crippen MR) is 126 cm³/mol. The molecule has 6 heteroatoms. The summed E-state index contributed by atoms with van der Waals surface area (Å²) in [4.78, 5) is 16.4. The van der Waals surface area contributed by atoms with E-state index in [9.17, 15) is 9.90 Å². The van der Waals surface area contributed by atoms with Gasteiger partial charge in [-0.2, -0.15) is 0 Å². The smallest absolute Gasteiger partial charge is 0.255 e. The summed E-state index contributed by atoms with van der Waals surface area (Å²) in [7, 11) is 0. The fourth-order valence-corrected chi connectivity index (χ4v) is 3.46. The van der Waals surface area contributed by atoms with Crippen LogP contribution in [0.4, 0.5) is 0 Å². The molecule has 3 aromatic rings. The number of hydrogen-bond donors (Lipinski definition) is 4. The number of carbonyl (C=O) groups is 1. The third-order valence-corrected chi connectivity index (χ3v) is 4.98. The third kappa shape index (κ3) is 6.13. The maximum atomic E-state index is 13.1. The minimum absolute atomic E-state index is 0.0945. The number of ether oxygens (including phenoxy) is 1. The molecule has 0 bridgehead atoms. The Morgan fingerprint density at radius 1 is 1.19 bits per heavy atom. The molecule has 4 N–H and O–H groups in total. The van der Waals surface area contributed by atoms with Crippen molar-refractivity contribution < 1.29 is 19.7 Å². The van der Waals surface area contributed by atoms with Crippen LogP contribution in [0.3, 0.4) is 0 Å². The van der Waals surface area contributed by atoms with Gasteiger partial charge in [-0.1, -0.05) is 30.0 Å². The summed E-state index contributed by atoms with van der Waals surface area (Å²) in [6, 6.07) is 12.8. The topological polar surface area (TPSA) is 94.6 Å². The molecular weight excluding hydrogens is 404 g/mol. The van der Waals surface area contributed by atoms with Crippen LogP contribution in [-0.2, 0) is 6.42 Å². The van der Waals surface area contributed by atoms with Gasteiger partial charge < -0.3 is 25.3 Å². The normalized spacial score (nSPS) is 11.8. The lowest BCUT2D eigenvalue weighted by molar-refractivity contribution is 0.0910. The summed E-state index contributed by atoms with van der Waals surface area (Å²) in [5.41, 5.74) is 3.12. The van der Waals surface area contributed by atoms with E-state index < -0.39 is 6.04 Å². The van der Waals surface area contributed by atoms with E-state index >= 15 is 0 Å². The zero-order chi connectivity index (χ0) is 22.9. The van der Waals surface area contributed by atoms with E-state index in [1.54, 1.807) is 12.1 Å². The van der Waals surface area contributed by atoms with Crippen molar-refractivity contribution in [2.45, 2.75) is 45.3 Å². The molecule has 1 atom stereocenters. The number of benzene rings is 2. The molecule has 2 aromatic carbocycles. The highest BCUT2D eigenvalue weighted by Gasteiger charge is 2.19. The third-order valence-electron chi connectivity index (χ3n) is 4.98. The largest absolute Gasteiger partial charge is 0.490 e. The summed E-state index contributed by atoms with van der Waals surface area (Å²) < 4.78 is 5.83. The summed E-state index contributed by atoms with van der Waals surface area (Å²) in [5.74, 6) is 6.18. The van der Waals surface area contributed by atoms with Crippen molar-refractivity contribution in [3.05, 3.63) is 65.4 Å². The Morgan fingerprint density at radius 3 is 2.75 bits per heavy atom. The van der Waals surface area contributed by atoms with E-state index in [4.69, 9.17) is 9.84 Å². The Morgan fingerprint density at radius 2 is 2.00 bits per heavy atom. The number of nitrogens with one attached hydrogen (secondary N) is 2. The lowest BCUT2D eigenvalue weighted by Gasteiger charge is -2.19. The van der Waals surface area contributed by atoms with Gasteiger partial charge >= 0.3 is 0 Å². The van der Waals surface area contributed by atoms with Crippen LogP contribution >= 0.6 is 0 Å². The van der Waals surface area contributed by atoms with Crippen LogP contribution in [0.5, 0.6) is 5.75 Å². The molecule has 1 unspecified atom stereocenters. The minimum Gasteiger partial charge on any atom is -0.490 e. The number of hydrogen-bond acceptors (Lipinski definition) is 4. The van der Waals surface area contributed by atoms with Crippen LogP contribution in [0.25, 0.3) is 10.9 Å². The highest BCUT2D eigenvalue weighted by atomic mass is 16.5. The highest BCUT2D eigenvalue weighted by molar-refractivity contribution is 5.97. The maximum absolute atomic E-state index is 13.1. The Labute approximate surface area is 188 Å². The Kier molecular flexibility index (Phi) is 8.32. The first-order valence-electron chi connectivity index (χ1n) is 10.9. The number of aliphatic hydroxyl groups is 2. The van der Waals surface area contributed by atoms with Crippen LogP contribution in [-0.4, -0.2) is 46.5 Å². The average Bonchev–Trinajstić information content (AvgIpc) is 3.19. The number of carbonyl (C=O) groups excluding carboxylic acids is 1. The molecule has 32 heavy (non-hydrogen) atoms. The fourth-order valence-electron chi connectivity index (χ4n) is 3.46. The lowest BCUT2D eigenvalue weighted by atomic mass is 10.0. The monoisotopic (exact) mass is 434 g/mol. The molecular formula is C26H30N2O4. The lowest BCUT2D eigenvalue weighted by Crippen LogP contribution is -2.39. The number of H-pyrrole nitrogens is 1. The van der Waals surface area contributed by atoms with Gasteiger partial charge in [0.05, 0.1) is 24.3 Å². The predicted octanol–water partition coefficient (Wildman–Crippen LogP) is 3.41. The van der Waals surface area contributed by atoms with Crippen molar-refractivity contribution in [2.24, 2.45) is 0 Å². The number of unbranched alkanes of at least 4 members (excludes halogenated alkanes) is 1. The Bertz CT molecular complexity index is 1110. The van der Waals surface area contributed by atoms with Crippen molar-refractivity contribution in [3.8, 4) is 17.6 Å². The molecule has 0 fully saturated rings. The fraction of sp³-hybridized carbons (Fsp3) is 0.346. The van der Waals surface area contributed by atoms with Crippen LogP contribution in [0.15, 0.2) is 48.7 Å². The molecule has 168 valence electrons. The van der Waals surface area contributed by atoms with Crippen molar-refractivity contribution >= 4 is 16.8 Å². The number of amides is 1. The molecule has 0 spiro atoms. The number of para-hydroxylation sites is 1. The van der Waals surface area contributed by atoms with Gasteiger partial charge in [-0.15, -0.1) is 0 Å². The molecule has 1 heterocycles. The molecule has 0 radical (unpaired) electrons. The van der Waals surface area contributed by atoms with Crippen LogP contribution in [0.2, 0.25) is 0 Å². The van der Waals surface area contributed by atoms with Gasteiger partial charge in [-0.05, 0) is 56.5 Å². The van der Waals surface area contributed by atoms with Gasteiger partial charge in [0, 0.05) is 35.7 Å². The maximum Gasteiger partial charge on any atom is 0.255 e. The van der Waals surface area contributed by atoms with E-state index in [1.165, 1.54) is 0 Å². The van der Waals surface area contributed by atoms with Gasteiger partial charge in [0.25, 0.3) is 5.91 Å². The van der Waals surface area contributed by atoms with E-state index in [0.29, 0.717) is 36.1 Å². The second-order valence-electron chi connectivity index (χ2n) is 7.92. The van der Waals surface area contributed by atoms with Crippen molar-refractivity contribution in [2.75, 3.05) is 13.2 Å². The summed E-state index contributed by atoms with van der Waals surface area (Å²) in [6.07, 6.45) is 3.51. The van der Waals surface area contributed by atoms with E-state index in [2.05, 4.69) is 22.1 Å². The van der Waals surface area contributed by atoms with Gasteiger partial charge in [-0.3, -0.25) is 4.79 Å². The van der Waals surface area contributed by atoms with Gasteiger partial charge in [-0.25, -0.2) is 0 Å². The zero-order valence-corrected chi connectivity index (χ0v) is 18.5. The molecule has 0 saturated carbocycles. The summed E-state index contributed by atoms with van der Waals surface area (Å²) >= 11 is 0. The minimum atomic E-state index is -0.451. The molecule has 0 saturated heterocycles. The average molecular weight is 435 g/mol. The van der Waals surface area contributed by atoms with Crippen molar-refractivity contribution in [1.82, 2.24) is 10.3 Å². The quantitative estimate of drug-likeness (QED) is 0.307. The molecule has 0 aliphatic carbocycles. The number of aromatic nitrogens is 1. The molecule has 1 aromatic heterocycles. The van der Waals surface area contributed by atoms with E-state index in [0.717, 1.165) is 16.5 Å². The van der Waals surface area contributed by atoms with Crippen molar-refractivity contribution in [3.63, 3.8) is 0 Å². The van der Waals surface area contributed by atoms with E-state index in [-0.39, 0.29) is 25.2 Å². The highest BCUT2D eigenvalue weighted by Crippen LogP contribution is 2.23. The number of rotatable bonds is 9. The standard InChI is InChI=1S/C26H30N2O4/c1-18(2)32-25-12-11-19(8-4-3-7-13-29)14-23(25)26(31)28-21(17-30)15-20-16-27-24-10-6-5-9-22(20)24/h5-6,9-12,14,16,18,21,27,29-30H,3,7,13,15,17H2,1-2H3,(H,28,31). The molecule has 3 rings (SSSR count). The van der Waals surface area contributed by atoms with E-state index in [1.807, 2.05) is 50.4 Å². The first-order valence-corrected chi connectivity index (χ1v) is 10.9. The summed E-state index contributed by atoms with van der Waals surface area (Å²) in [6.45, 7) is 3.71. The number of fused-ring (bicyclic) bond motifs is 1. The first-order chi connectivity index (χ1) is 15.5. The molecule has 0 aliphatic heterocycles. The van der Waals surface area contributed by atoms with Crippen LogP contribution < -0.4 is 10.1 Å². The molecule has 6 nitrogen and oxygen atoms in total. The Hall–Kier alpha value is -3.27. The Balaban J connectivity index is 1.80. The van der Waals surface area contributed by atoms with Crippen LogP contribution in [0, 0.1) is 11.8 Å². The second kappa shape index (κ2) is 11.4. The number of aromatic amines is 1.